The summed E-state index contributed by atoms with van der Waals surface area (Å²) in [6, 6.07) is 8.22. The fourth-order valence-corrected chi connectivity index (χ4v) is 4.41. The quantitative estimate of drug-likeness (QED) is 0.555. The molecule has 0 saturated carbocycles. The van der Waals surface area contributed by atoms with Gasteiger partial charge < -0.3 is 19.7 Å². The van der Waals surface area contributed by atoms with Crippen molar-refractivity contribution < 1.29 is 9.47 Å². The molecule has 2 saturated heterocycles. The number of likely N-dealkylation sites (tertiary alicyclic amines) is 1. The number of rotatable bonds is 10. The van der Waals surface area contributed by atoms with E-state index in [1.807, 2.05) is 18.3 Å². The van der Waals surface area contributed by atoms with Crippen molar-refractivity contribution in [3.8, 4) is 5.75 Å². The Labute approximate surface area is 186 Å². The number of hydrogen-bond acceptors (Lipinski definition) is 6. The fraction of sp³-hybridized carbons (Fsp3) is 0.600. The second-order valence-corrected chi connectivity index (χ2v) is 8.82. The molecule has 1 N–H and O–H groups in total. The first-order valence-electron chi connectivity index (χ1n) is 11.9. The average Bonchev–Trinajstić information content (AvgIpc) is 3.32. The third-order valence-corrected chi connectivity index (χ3v) is 6.40. The molecule has 0 aliphatic carbocycles. The molecule has 6 heteroatoms. The minimum atomic E-state index is 0.652. The number of anilines is 2. The van der Waals surface area contributed by atoms with Crippen LogP contribution in [0.5, 0.6) is 5.75 Å². The summed E-state index contributed by atoms with van der Waals surface area (Å²) in [7, 11) is 0. The number of aryl methyl sites for hydroxylation is 2. The zero-order valence-corrected chi connectivity index (χ0v) is 18.8. The van der Waals surface area contributed by atoms with E-state index in [0.717, 1.165) is 67.8 Å². The molecule has 0 spiro atoms. The summed E-state index contributed by atoms with van der Waals surface area (Å²) < 4.78 is 11.5. The summed E-state index contributed by atoms with van der Waals surface area (Å²) in [6.45, 7) is 8.25. The highest BCUT2D eigenvalue weighted by molar-refractivity contribution is 5.60. The van der Waals surface area contributed by atoms with Crippen molar-refractivity contribution in [2.45, 2.75) is 51.9 Å². The Morgan fingerprint density at radius 2 is 2.00 bits per heavy atom. The molecular weight excluding hydrogens is 388 g/mol. The second-order valence-electron chi connectivity index (χ2n) is 8.82. The van der Waals surface area contributed by atoms with Crippen molar-refractivity contribution in [1.82, 2.24) is 14.9 Å². The lowest BCUT2D eigenvalue weighted by atomic mass is 9.94. The van der Waals surface area contributed by atoms with E-state index in [1.54, 1.807) is 0 Å². The van der Waals surface area contributed by atoms with Crippen LogP contribution in [0.25, 0.3) is 0 Å². The Hall–Kier alpha value is -2.18. The van der Waals surface area contributed by atoms with Crippen molar-refractivity contribution in [2.75, 3.05) is 44.8 Å². The molecule has 0 amide bonds. The lowest BCUT2D eigenvalue weighted by Crippen LogP contribution is -2.21. The summed E-state index contributed by atoms with van der Waals surface area (Å²) in [5.41, 5.74) is 3.25. The van der Waals surface area contributed by atoms with Gasteiger partial charge in [-0.05, 0) is 88.6 Å². The van der Waals surface area contributed by atoms with E-state index < -0.39 is 0 Å². The first kappa shape index (κ1) is 22.0. The predicted molar refractivity (Wildman–Crippen MR) is 124 cm³/mol. The van der Waals surface area contributed by atoms with E-state index in [4.69, 9.17) is 14.5 Å². The molecular formula is C25H36N4O2. The zero-order valence-electron chi connectivity index (χ0n) is 18.8. The standard InChI is InChI=1S/C25H36N4O2/c1-20-5-8-23(31-16-4-15-29-13-2-3-14-29)19-24(20)28-25-26-12-9-22(27-25)7-6-21-10-17-30-18-11-21/h5,8-9,12,19,21H,2-4,6-7,10-11,13-18H2,1H3,(H,26,27,28). The average molecular weight is 425 g/mol. The van der Waals surface area contributed by atoms with Gasteiger partial charge in [0.15, 0.2) is 0 Å². The highest BCUT2D eigenvalue weighted by Gasteiger charge is 2.14. The number of hydrogen-bond donors (Lipinski definition) is 1. The van der Waals surface area contributed by atoms with E-state index in [2.05, 4.69) is 34.3 Å². The minimum absolute atomic E-state index is 0.652. The smallest absolute Gasteiger partial charge is 0.227 e. The fourth-order valence-electron chi connectivity index (χ4n) is 4.41. The highest BCUT2D eigenvalue weighted by atomic mass is 16.5. The van der Waals surface area contributed by atoms with Crippen molar-refractivity contribution in [1.29, 1.82) is 0 Å². The van der Waals surface area contributed by atoms with Crippen LogP contribution >= 0.6 is 0 Å². The van der Waals surface area contributed by atoms with Gasteiger partial charge in [0.05, 0.1) is 6.61 Å². The van der Waals surface area contributed by atoms with Crippen LogP contribution in [-0.4, -0.2) is 54.3 Å². The number of nitrogens with zero attached hydrogens (tertiary/aromatic N) is 3. The van der Waals surface area contributed by atoms with Crippen LogP contribution in [0, 0.1) is 12.8 Å². The first-order chi connectivity index (χ1) is 15.3. The Morgan fingerprint density at radius 1 is 1.16 bits per heavy atom. The van der Waals surface area contributed by atoms with Crippen LogP contribution in [0.1, 0.15) is 49.8 Å². The summed E-state index contributed by atoms with van der Waals surface area (Å²) in [4.78, 5) is 11.7. The van der Waals surface area contributed by atoms with Crippen LogP contribution in [0.4, 0.5) is 11.6 Å². The number of nitrogens with one attached hydrogen (secondary N) is 1. The Balaban J connectivity index is 1.29. The molecule has 3 heterocycles. The van der Waals surface area contributed by atoms with Gasteiger partial charge in [0, 0.05) is 43.4 Å². The molecule has 2 fully saturated rings. The van der Waals surface area contributed by atoms with Crippen LogP contribution in [-0.2, 0) is 11.2 Å². The third kappa shape index (κ3) is 6.91. The summed E-state index contributed by atoms with van der Waals surface area (Å²) >= 11 is 0. The third-order valence-electron chi connectivity index (χ3n) is 6.40. The lowest BCUT2D eigenvalue weighted by Gasteiger charge is -2.21. The SMILES string of the molecule is Cc1ccc(OCCCN2CCCC2)cc1Nc1nccc(CCC2CCOCC2)n1. The van der Waals surface area contributed by atoms with Gasteiger partial charge in [-0.3, -0.25) is 0 Å². The van der Waals surface area contributed by atoms with E-state index in [1.165, 1.54) is 45.2 Å². The van der Waals surface area contributed by atoms with Gasteiger partial charge in [-0.2, -0.15) is 0 Å². The summed E-state index contributed by atoms with van der Waals surface area (Å²) in [5, 5.41) is 3.40. The maximum atomic E-state index is 6.01. The number of aromatic nitrogens is 2. The lowest BCUT2D eigenvalue weighted by molar-refractivity contribution is 0.0639. The topological polar surface area (TPSA) is 59.5 Å². The molecule has 0 unspecified atom stereocenters. The molecule has 0 atom stereocenters. The van der Waals surface area contributed by atoms with Crippen LogP contribution in [0.3, 0.4) is 0 Å². The van der Waals surface area contributed by atoms with E-state index >= 15 is 0 Å². The molecule has 31 heavy (non-hydrogen) atoms. The van der Waals surface area contributed by atoms with Gasteiger partial charge in [0.2, 0.25) is 5.95 Å². The van der Waals surface area contributed by atoms with Crippen LogP contribution in [0.2, 0.25) is 0 Å². The van der Waals surface area contributed by atoms with Gasteiger partial charge in [-0.25, -0.2) is 9.97 Å². The van der Waals surface area contributed by atoms with Crippen molar-refractivity contribution in [3.05, 3.63) is 41.7 Å². The van der Waals surface area contributed by atoms with Crippen LogP contribution in [0.15, 0.2) is 30.5 Å². The van der Waals surface area contributed by atoms with Gasteiger partial charge in [-0.15, -0.1) is 0 Å². The number of ether oxygens (including phenoxy) is 2. The molecule has 6 nitrogen and oxygen atoms in total. The molecule has 4 rings (SSSR count). The molecule has 1 aromatic heterocycles. The van der Waals surface area contributed by atoms with E-state index in [-0.39, 0.29) is 0 Å². The highest BCUT2D eigenvalue weighted by Crippen LogP contribution is 2.25. The maximum Gasteiger partial charge on any atom is 0.227 e. The van der Waals surface area contributed by atoms with Crippen molar-refractivity contribution in [2.24, 2.45) is 5.92 Å². The summed E-state index contributed by atoms with van der Waals surface area (Å²) in [5.74, 6) is 2.30. The van der Waals surface area contributed by atoms with Gasteiger partial charge >= 0.3 is 0 Å². The van der Waals surface area contributed by atoms with Crippen molar-refractivity contribution in [3.63, 3.8) is 0 Å². The van der Waals surface area contributed by atoms with E-state index in [0.29, 0.717) is 5.95 Å². The van der Waals surface area contributed by atoms with Gasteiger partial charge in [0.25, 0.3) is 0 Å². The predicted octanol–water partition coefficient (Wildman–Crippen LogP) is 4.75. The molecule has 0 radical (unpaired) electrons. The van der Waals surface area contributed by atoms with Crippen LogP contribution < -0.4 is 10.1 Å². The molecule has 1 aromatic carbocycles. The largest absolute Gasteiger partial charge is 0.493 e. The first-order valence-corrected chi connectivity index (χ1v) is 11.9. The second kappa shape index (κ2) is 11.4. The van der Waals surface area contributed by atoms with Crippen molar-refractivity contribution >= 4 is 11.6 Å². The Bertz CT molecular complexity index is 817. The Kier molecular flexibility index (Phi) is 8.13. The van der Waals surface area contributed by atoms with Gasteiger partial charge in [-0.1, -0.05) is 6.07 Å². The Morgan fingerprint density at radius 3 is 2.84 bits per heavy atom. The van der Waals surface area contributed by atoms with E-state index in [9.17, 15) is 0 Å². The molecule has 2 aromatic rings. The van der Waals surface area contributed by atoms with Gasteiger partial charge in [0.1, 0.15) is 5.75 Å². The molecule has 168 valence electrons. The zero-order chi connectivity index (χ0) is 21.3. The normalized spacial score (nSPS) is 17.7. The molecule has 0 bridgehead atoms. The minimum Gasteiger partial charge on any atom is -0.493 e. The number of benzene rings is 1. The molecule has 2 aliphatic rings. The monoisotopic (exact) mass is 424 g/mol. The molecule has 2 aliphatic heterocycles. The summed E-state index contributed by atoms with van der Waals surface area (Å²) in [6.07, 6.45) is 10.1. The maximum absolute atomic E-state index is 6.01.